The summed E-state index contributed by atoms with van der Waals surface area (Å²) < 4.78 is 6.16. The van der Waals surface area contributed by atoms with Crippen LogP contribution in [0.2, 0.25) is 19.6 Å². The number of aromatic nitrogens is 2. The van der Waals surface area contributed by atoms with Crippen LogP contribution in [0.15, 0.2) is 41.7 Å². The molecule has 0 atom stereocenters. The molecular formula is C16H21N3OSi. The number of hydrogen-bond acceptors (Lipinski definition) is 4. The van der Waals surface area contributed by atoms with Crippen LogP contribution >= 0.6 is 0 Å². The molecule has 0 fully saturated rings. The first-order valence-electron chi connectivity index (χ1n) is 7.03. The maximum absolute atomic E-state index is 6.16. The summed E-state index contributed by atoms with van der Waals surface area (Å²) >= 11 is 0. The van der Waals surface area contributed by atoms with E-state index in [0.29, 0.717) is 6.42 Å². The number of aliphatic imine (C=N–C) groups is 1. The van der Waals surface area contributed by atoms with Crippen molar-refractivity contribution in [1.29, 1.82) is 0 Å². The average molecular weight is 299 g/mol. The van der Waals surface area contributed by atoms with Gasteiger partial charge in [0.2, 0.25) is 8.32 Å². The lowest BCUT2D eigenvalue weighted by Crippen LogP contribution is -2.29. The van der Waals surface area contributed by atoms with Crippen molar-refractivity contribution in [3.8, 4) is 5.75 Å². The van der Waals surface area contributed by atoms with E-state index in [2.05, 4.69) is 47.6 Å². The molecule has 1 aromatic heterocycles. The molecule has 0 saturated heterocycles. The number of aryl methyl sites for hydroxylation is 1. The summed E-state index contributed by atoms with van der Waals surface area (Å²) in [4.78, 5) is 12.9. The van der Waals surface area contributed by atoms with E-state index in [-0.39, 0.29) is 0 Å². The first kappa shape index (κ1) is 15.4. The van der Waals surface area contributed by atoms with Gasteiger partial charge in [0.15, 0.2) is 0 Å². The van der Waals surface area contributed by atoms with E-state index in [1.54, 1.807) is 18.5 Å². The largest absolute Gasteiger partial charge is 0.543 e. The predicted octanol–water partition coefficient (Wildman–Crippen LogP) is 3.94. The summed E-state index contributed by atoms with van der Waals surface area (Å²) in [5.74, 6) is 1.66. The molecule has 0 aliphatic heterocycles. The van der Waals surface area contributed by atoms with Crippen LogP contribution in [0.1, 0.15) is 11.4 Å². The van der Waals surface area contributed by atoms with Crippen LogP contribution in [0.5, 0.6) is 5.75 Å². The molecule has 0 unspecified atom stereocenters. The zero-order valence-corrected chi connectivity index (χ0v) is 14.0. The topological polar surface area (TPSA) is 47.4 Å². The molecule has 0 aliphatic rings. The zero-order chi connectivity index (χ0) is 15.3. The lowest BCUT2D eigenvalue weighted by Gasteiger charge is -2.22. The van der Waals surface area contributed by atoms with Crippen LogP contribution in [0.25, 0.3) is 0 Å². The lowest BCUT2D eigenvalue weighted by molar-refractivity contribution is 0.554. The predicted molar refractivity (Wildman–Crippen MR) is 89.0 cm³/mol. The van der Waals surface area contributed by atoms with Crippen LogP contribution in [0.4, 0.5) is 5.69 Å². The zero-order valence-electron chi connectivity index (χ0n) is 13.0. The maximum Gasteiger partial charge on any atom is 0.242 e. The quantitative estimate of drug-likeness (QED) is 0.620. The van der Waals surface area contributed by atoms with Crippen LogP contribution in [0, 0.1) is 6.92 Å². The summed E-state index contributed by atoms with van der Waals surface area (Å²) in [5.41, 5.74) is 1.98. The van der Waals surface area contributed by atoms with Gasteiger partial charge < -0.3 is 4.43 Å². The van der Waals surface area contributed by atoms with Crippen molar-refractivity contribution in [2.75, 3.05) is 0 Å². The minimum atomic E-state index is -1.66. The summed E-state index contributed by atoms with van der Waals surface area (Å²) in [6.45, 7) is 8.56. The minimum Gasteiger partial charge on any atom is -0.543 e. The Morgan fingerprint density at radius 1 is 1.14 bits per heavy atom. The van der Waals surface area contributed by atoms with Gasteiger partial charge in [-0.05, 0) is 44.3 Å². The maximum atomic E-state index is 6.16. The molecule has 0 amide bonds. The Morgan fingerprint density at radius 2 is 1.86 bits per heavy atom. The molecule has 4 nitrogen and oxygen atoms in total. The summed E-state index contributed by atoms with van der Waals surface area (Å²) in [6, 6.07) is 7.83. The second-order valence-corrected chi connectivity index (χ2v) is 10.2. The highest BCUT2D eigenvalue weighted by Crippen LogP contribution is 2.32. The summed E-state index contributed by atoms with van der Waals surface area (Å²) in [5, 5.41) is 0. The first-order chi connectivity index (χ1) is 9.96. The van der Waals surface area contributed by atoms with Gasteiger partial charge in [-0.2, -0.15) is 0 Å². The van der Waals surface area contributed by atoms with Gasteiger partial charge in [0.1, 0.15) is 17.3 Å². The normalized spacial score (nSPS) is 11.8. The Labute approximate surface area is 127 Å². The number of rotatable bonds is 5. The van der Waals surface area contributed by atoms with E-state index in [9.17, 15) is 0 Å². The second kappa shape index (κ2) is 6.63. The van der Waals surface area contributed by atoms with Crippen LogP contribution in [0.3, 0.4) is 0 Å². The van der Waals surface area contributed by atoms with E-state index in [1.807, 2.05) is 18.3 Å². The fourth-order valence-electron chi connectivity index (χ4n) is 1.84. The van der Waals surface area contributed by atoms with Gasteiger partial charge in [-0.3, -0.25) is 4.99 Å². The van der Waals surface area contributed by atoms with Gasteiger partial charge in [-0.25, -0.2) is 9.97 Å². The molecule has 110 valence electrons. The third-order valence-corrected chi connectivity index (χ3v) is 3.54. The van der Waals surface area contributed by atoms with Crippen molar-refractivity contribution >= 4 is 20.2 Å². The highest BCUT2D eigenvalue weighted by molar-refractivity contribution is 6.70. The van der Waals surface area contributed by atoms with E-state index in [4.69, 9.17) is 4.43 Å². The SMILES string of the molecule is Cc1cccc(N=CCc2ncccn2)c1O[Si](C)(C)C. The van der Waals surface area contributed by atoms with Crippen molar-refractivity contribution in [3.05, 3.63) is 48.0 Å². The molecular weight excluding hydrogens is 278 g/mol. The number of para-hydroxylation sites is 1. The average Bonchev–Trinajstić information content (AvgIpc) is 2.42. The first-order valence-corrected chi connectivity index (χ1v) is 10.4. The molecule has 0 N–H and O–H groups in total. The molecule has 0 spiro atoms. The fourth-order valence-corrected chi connectivity index (χ4v) is 2.72. The molecule has 5 heteroatoms. The van der Waals surface area contributed by atoms with E-state index >= 15 is 0 Å². The molecule has 2 aromatic rings. The van der Waals surface area contributed by atoms with Gasteiger partial charge in [-0.15, -0.1) is 0 Å². The molecule has 0 bridgehead atoms. The van der Waals surface area contributed by atoms with Crippen molar-refractivity contribution in [2.24, 2.45) is 4.99 Å². The number of nitrogens with zero attached hydrogens (tertiary/aromatic N) is 3. The van der Waals surface area contributed by atoms with Gasteiger partial charge in [0.25, 0.3) is 0 Å². The lowest BCUT2D eigenvalue weighted by atomic mass is 10.2. The minimum absolute atomic E-state index is 0.612. The highest BCUT2D eigenvalue weighted by atomic mass is 28.4. The van der Waals surface area contributed by atoms with Crippen LogP contribution < -0.4 is 4.43 Å². The van der Waals surface area contributed by atoms with E-state index in [0.717, 1.165) is 22.8 Å². The number of benzene rings is 1. The van der Waals surface area contributed by atoms with Crippen molar-refractivity contribution in [1.82, 2.24) is 9.97 Å². The van der Waals surface area contributed by atoms with Crippen LogP contribution in [-0.4, -0.2) is 24.5 Å². The third-order valence-electron chi connectivity index (χ3n) is 2.72. The van der Waals surface area contributed by atoms with Gasteiger partial charge in [0.05, 0.1) is 0 Å². The van der Waals surface area contributed by atoms with Crippen molar-refractivity contribution < 1.29 is 4.43 Å². The van der Waals surface area contributed by atoms with Gasteiger partial charge >= 0.3 is 0 Å². The molecule has 1 heterocycles. The van der Waals surface area contributed by atoms with Gasteiger partial charge in [0, 0.05) is 25.0 Å². The Hall–Kier alpha value is -2.01. The monoisotopic (exact) mass is 299 g/mol. The Balaban J connectivity index is 2.18. The summed E-state index contributed by atoms with van der Waals surface area (Å²) in [6.07, 6.45) is 5.92. The highest BCUT2D eigenvalue weighted by Gasteiger charge is 2.19. The van der Waals surface area contributed by atoms with Crippen molar-refractivity contribution in [3.63, 3.8) is 0 Å². The molecule has 0 aliphatic carbocycles. The van der Waals surface area contributed by atoms with E-state index in [1.165, 1.54) is 0 Å². The molecule has 21 heavy (non-hydrogen) atoms. The third kappa shape index (κ3) is 4.79. The fraction of sp³-hybridized carbons (Fsp3) is 0.312. The Bertz CT molecular complexity index is 621. The molecule has 0 radical (unpaired) electrons. The molecule has 2 rings (SSSR count). The van der Waals surface area contributed by atoms with E-state index < -0.39 is 8.32 Å². The molecule has 0 saturated carbocycles. The van der Waals surface area contributed by atoms with Crippen molar-refractivity contribution in [2.45, 2.75) is 33.0 Å². The standard InChI is InChI=1S/C16H21N3OSi/c1-13-7-5-8-14(16(13)20-21(2,3)4)17-12-9-15-18-10-6-11-19-15/h5-8,10-12H,9H2,1-4H3. The van der Waals surface area contributed by atoms with Gasteiger partial charge in [-0.1, -0.05) is 12.1 Å². The number of hydrogen-bond donors (Lipinski definition) is 0. The second-order valence-electron chi connectivity index (χ2n) is 5.82. The Morgan fingerprint density at radius 3 is 2.52 bits per heavy atom. The smallest absolute Gasteiger partial charge is 0.242 e. The summed E-state index contributed by atoms with van der Waals surface area (Å²) in [7, 11) is -1.66. The Kier molecular flexibility index (Phi) is 4.85. The molecule has 1 aromatic carbocycles. The van der Waals surface area contributed by atoms with Crippen LogP contribution in [-0.2, 0) is 6.42 Å².